The number of hydrogen-bond donors (Lipinski definition) is 1. The Hall–Kier alpha value is -0.280. The lowest BCUT2D eigenvalue weighted by Crippen LogP contribution is -2.37. The summed E-state index contributed by atoms with van der Waals surface area (Å²) in [6.07, 6.45) is 5.06. The third kappa shape index (κ3) is 5.25. The van der Waals surface area contributed by atoms with E-state index in [9.17, 15) is 0 Å². The largest absolute Gasteiger partial charge is 0.313 e. The minimum Gasteiger partial charge on any atom is -0.313 e. The van der Waals surface area contributed by atoms with Gasteiger partial charge in [0.05, 0.1) is 0 Å². The van der Waals surface area contributed by atoms with E-state index in [4.69, 9.17) is 23.2 Å². The summed E-state index contributed by atoms with van der Waals surface area (Å²) in [6.45, 7) is 6.58. The lowest BCUT2D eigenvalue weighted by molar-refractivity contribution is 0.237. The van der Waals surface area contributed by atoms with Crippen molar-refractivity contribution < 1.29 is 0 Å². The molecule has 0 saturated carbocycles. The van der Waals surface area contributed by atoms with Gasteiger partial charge in [0.15, 0.2) is 0 Å². The average Bonchev–Trinajstić information content (AvgIpc) is 2.87. The standard InChI is InChI=1S/C16H24Cl2N2/c1-2-3-7-20(12-16-5-4-6-19-16)11-13-8-14(17)10-15(18)9-13/h8-10,16,19H,2-7,11-12H2,1H3. The molecule has 0 bridgehead atoms. The number of rotatable bonds is 7. The smallest absolute Gasteiger partial charge is 0.0424 e. The van der Waals surface area contributed by atoms with Crippen LogP contribution in [0.4, 0.5) is 0 Å². The molecule has 1 N–H and O–H groups in total. The van der Waals surface area contributed by atoms with Crippen LogP contribution in [0.1, 0.15) is 38.2 Å². The van der Waals surface area contributed by atoms with Gasteiger partial charge in [0.1, 0.15) is 0 Å². The molecule has 0 amide bonds. The summed E-state index contributed by atoms with van der Waals surface area (Å²) in [6, 6.07) is 6.48. The molecule has 0 radical (unpaired) electrons. The van der Waals surface area contributed by atoms with Crippen LogP contribution in [0.15, 0.2) is 18.2 Å². The van der Waals surface area contributed by atoms with Gasteiger partial charge < -0.3 is 5.32 Å². The van der Waals surface area contributed by atoms with E-state index in [1.807, 2.05) is 12.1 Å². The molecule has 2 nitrogen and oxygen atoms in total. The van der Waals surface area contributed by atoms with E-state index in [0.717, 1.165) is 36.2 Å². The number of halogens is 2. The van der Waals surface area contributed by atoms with E-state index in [1.54, 1.807) is 6.07 Å². The van der Waals surface area contributed by atoms with E-state index in [1.165, 1.54) is 31.2 Å². The molecule has 1 fully saturated rings. The highest BCUT2D eigenvalue weighted by Gasteiger charge is 2.18. The number of hydrogen-bond acceptors (Lipinski definition) is 2. The lowest BCUT2D eigenvalue weighted by Gasteiger charge is -2.25. The maximum Gasteiger partial charge on any atom is 0.0424 e. The number of unbranched alkanes of at least 4 members (excludes halogenated alkanes) is 1. The second-order valence-electron chi connectivity index (χ2n) is 5.66. The summed E-state index contributed by atoms with van der Waals surface area (Å²) < 4.78 is 0. The molecule has 0 spiro atoms. The van der Waals surface area contributed by atoms with Gasteiger partial charge >= 0.3 is 0 Å². The molecule has 1 aromatic carbocycles. The first-order chi connectivity index (χ1) is 9.67. The predicted molar refractivity (Wildman–Crippen MR) is 87.7 cm³/mol. The van der Waals surface area contributed by atoms with E-state index >= 15 is 0 Å². The summed E-state index contributed by atoms with van der Waals surface area (Å²) in [4.78, 5) is 2.52. The predicted octanol–water partition coefficient (Wildman–Crippen LogP) is 4.35. The van der Waals surface area contributed by atoms with Crippen LogP contribution in [0.5, 0.6) is 0 Å². The number of nitrogens with zero attached hydrogens (tertiary/aromatic N) is 1. The zero-order valence-corrected chi connectivity index (χ0v) is 13.7. The quantitative estimate of drug-likeness (QED) is 0.805. The Bertz CT molecular complexity index is 397. The van der Waals surface area contributed by atoms with Crippen LogP contribution in [-0.4, -0.2) is 30.6 Å². The lowest BCUT2D eigenvalue weighted by atomic mass is 10.1. The molecule has 20 heavy (non-hydrogen) atoms. The van der Waals surface area contributed by atoms with E-state index in [-0.39, 0.29) is 0 Å². The fourth-order valence-electron chi connectivity index (χ4n) is 2.80. The Morgan fingerprint density at radius 2 is 2.00 bits per heavy atom. The van der Waals surface area contributed by atoms with Crippen molar-refractivity contribution >= 4 is 23.2 Å². The molecular formula is C16H24Cl2N2. The molecule has 0 aromatic heterocycles. The minimum absolute atomic E-state index is 0.640. The number of nitrogens with one attached hydrogen (secondary N) is 1. The Kier molecular flexibility index (Phi) is 6.63. The molecule has 1 aliphatic rings. The molecule has 1 saturated heterocycles. The second kappa shape index (κ2) is 8.23. The van der Waals surface area contributed by atoms with Gasteiger partial charge in [-0.15, -0.1) is 0 Å². The molecule has 1 heterocycles. The summed E-state index contributed by atoms with van der Waals surface area (Å²) >= 11 is 12.2. The highest BCUT2D eigenvalue weighted by molar-refractivity contribution is 6.34. The van der Waals surface area contributed by atoms with Gasteiger partial charge in [0.2, 0.25) is 0 Å². The Morgan fingerprint density at radius 1 is 1.25 bits per heavy atom. The van der Waals surface area contributed by atoms with Gasteiger partial charge in [-0.3, -0.25) is 4.90 Å². The molecule has 2 rings (SSSR count). The fourth-order valence-corrected chi connectivity index (χ4v) is 3.37. The van der Waals surface area contributed by atoms with Gasteiger partial charge in [-0.25, -0.2) is 0 Å². The SMILES string of the molecule is CCCCN(Cc1cc(Cl)cc(Cl)c1)CC1CCCN1. The Labute approximate surface area is 132 Å². The van der Waals surface area contributed by atoms with Crippen molar-refractivity contribution in [2.24, 2.45) is 0 Å². The van der Waals surface area contributed by atoms with Gasteiger partial charge in [0.25, 0.3) is 0 Å². The number of benzene rings is 1. The zero-order valence-electron chi connectivity index (χ0n) is 12.2. The highest BCUT2D eigenvalue weighted by atomic mass is 35.5. The van der Waals surface area contributed by atoms with Crippen LogP contribution in [0.3, 0.4) is 0 Å². The first-order valence-corrected chi connectivity index (χ1v) is 8.33. The Balaban J connectivity index is 1.97. The maximum absolute atomic E-state index is 6.09. The van der Waals surface area contributed by atoms with Crippen LogP contribution in [0, 0.1) is 0 Å². The molecule has 4 heteroatoms. The summed E-state index contributed by atoms with van der Waals surface area (Å²) in [5, 5.41) is 5.03. The van der Waals surface area contributed by atoms with Gasteiger partial charge in [-0.1, -0.05) is 36.5 Å². The molecule has 1 aromatic rings. The molecule has 1 unspecified atom stereocenters. The molecule has 112 valence electrons. The second-order valence-corrected chi connectivity index (χ2v) is 6.53. The van der Waals surface area contributed by atoms with Crippen LogP contribution >= 0.6 is 23.2 Å². The zero-order chi connectivity index (χ0) is 14.4. The van der Waals surface area contributed by atoms with Crippen LogP contribution in [0.25, 0.3) is 0 Å². The normalized spacial score (nSPS) is 18.9. The highest BCUT2D eigenvalue weighted by Crippen LogP contribution is 2.21. The summed E-state index contributed by atoms with van der Waals surface area (Å²) in [5.41, 5.74) is 1.21. The molecule has 1 aliphatic heterocycles. The van der Waals surface area contributed by atoms with Gasteiger partial charge in [0, 0.05) is 29.2 Å². The van der Waals surface area contributed by atoms with Crippen LogP contribution < -0.4 is 5.32 Å². The van der Waals surface area contributed by atoms with Crippen molar-refractivity contribution in [1.82, 2.24) is 10.2 Å². The first kappa shape index (κ1) is 16.1. The maximum atomic E-state index is 6.09. The van der Waals surface area contributed by atoms with Gasteiger partial charge in [-0.05, 0) is 56.1 Å². The van der Waals surface area contributed by atoms with Crippen molar-refractivity contribution in [3.05, 3.63) is 33.8 Å². The third-order valence-electron chi connectivity index (χ3n) is 3.80. The Morgan fingerprint density at radius 3 is 2.60 bits per heavy atom. The van der Waals surface area contributed by atoms with Gasteiger partial charge in [-0.2, -0.15) is 0 Å². The van der Waals surface area contributed by atoms with Crippen molar-refractivity contribution in [3.8, 4) is 0 Å². The molecule has 0 aliphatic carbocycles. The van der Waals surface area contributed by atoms with Crippen molar-refractivity contribution in [3.63, 3.8) is 0 Å². The van der Waals surface area contributed by atoms with E-state index in [2.05, 4.69) is 17.1 Å². The first-order valence-electron chi connectivity index (χ1n) is 7.58. The van der Waals surface area contributed by atoms with E-state index in [0.29, 0.717) is 6.04 Å². The minimum atomic E-state index is 0.640. The van der Waals surface area contributed by atoms with Crippen LogP contribution in [0.2, 0.25) is 10.0 Å². The van der Waals surface area contributed by atoms with Crippen molar-refractivity contribution in [2.45, 2.75) is 45.2 Å². The van der Waals surface area contributed by atoms with Crippen LogP contribution in [-0.2, 0) is 6.54 Å². The molecule has 1 atom stereocenters. The third-order valence-corrected chi connectivity index (χ3v) is 4.23. The summed E-state index contributed by atoms with van der Waals surface area (Å²) in [5.74, 6) is 0. The fraction of sp³-hybridized carbons (Fsp3) is 0.625. The van der Waals surface area contributed by atoms with E-state index < -0.39 is 0 Å². The molecular weight excluding hydrogens is 291 g/mol. The average molecular weight is 315 g/mol. The topological polar surface area (TPSA) is 15.3 Å². The van der Waals surface area contributed by atoms with Crippen molar-refractivity contribution in [1.29, 1.82) is 0 Å². The summed E-state index contributed by atoms with van der Waals surface area (Å²) in [7, 11) is 0. The van der Waals surface area contributed by atoms with Crippen molar-refractivity contribution in [2.75, 3.05) is 19.6 Å². The monoisotopic (exact) mass is 314 g/mol.